The van der Waals surface area contributed by atoms with Gasteiger partial charge in [-0.15, -0.1) is 10.2 Å². The van der Waals surface area contributed by atoms with E-state index in [0.29, 0.717) is 23.1 Å². The minimum absolute atomic E-state index is 0.00203. The van der Waals surface area contributed by atoms with Crippen LogP contribution in [-0.4, -0.2) is 35.6 Å². The van der Waals surface area contributed by atoms with Crippen molar-refractivity contribution in [3.8, 4) is 11.5 Å². The molecule has 1 aromatic carbocycles. The summed E-state index contributed by atoms with van der Waals surface area (Å²) in [6.07, 6.45) is 4.79. The van der Waals surface area contributed by atoms with E-state index in [1.165, 1.54) is 0 Å². The van der Waals surface area contributed by atoms with Gasteiger partial charge in [0.15, 0.2) is 5.82 Å². The second kappa shape index (κ2) is 6.72. The molecule has 9 heteroatoms. The molecular formula is C19H16ClN7O. The summed E-state index contributed by atoms with van der Waals surface area (Å²) in [5.74, 6) is 1.49. The van der Waals surface area contributed by atoms with Gasteiger partial charge in [0.05, 0.1) is 22.0 Å². The largest absolute Gasteiger partial charge is 0.337 e. The van der Waals surface area contributed by atoms with Gasteiger partial charge in [-0.2, -0.15) is 0 Å². The number of nitrogens with zero attached hydrogens (tertiary/aromatic N) is 5. The topological polar surface area (TPSA) is 101 Å². The lowest BCUT2D eigenvalue weighted by Crippen LogP contribution is -2.31. The monoisotopic (exact) mass is 393 g/mol. The van der Waals surface area contributed by atoms with Crippen molar-refractivity contribution in [3.63, 3.8) is 0 Å². The lowest BCUT2D eigenvalue weighted by atomic mass is 9.98. The summed E-state index contributed by atoms with van der Waals surface area (Å²) in [6.45, 7) is 0.604. The number of aromatic amines is 1. The van der Waals surface area contributed by atoms with E-state index in [2.05, 4.69) is 30.5 Å². The molecule has 0 radical (unpaired) electrons. The average molecular weight is 394 g/mol. The number of hydrogen-bond acceptors (Lipinski definition) is 5. The van der Waals surface area contributed by atoms with E-state index in [1.807, 2.05) is 28.8 Å². The number of benzene rings is 1. The van der Waals surface area contributed by atoms with Crippen molar-refractivity contribution in [2.45, 2.75) is 19.4 Å². The summed E-state index contributed by atoms with van der Waals surface area (Å²) in [5.41, 5.74) is 3.07. The van der Waals surface area contributed by atoms with E-state index >= 15 is 0 Å². The maximum absolute atomic E-state index is 12.7. The fraction of sp³-hybridized carbons (Fsp3) is 0.211. The number of fused-ring (bicyclic) bond motifs is 2. The summed E-state index contributed by atoms with van der Waals surface area (Å²) in [5, 5.41) is 11.5. The first-order valence-electron chi connectivity index (χ1n) is 8.95. The van der Waals surface area contributed by atoms with Crippen molar-refractivity contribution in [3.05, 3.63) is 53.7 Å². The molecule has 8 nitrogen and oxygen atoms in total. The number of anilines is 1. The van der Waals surface area contributed by atoms with Crippen molar-refractivity contribution < 1.29 is 4.79 Å². The van der Waals surface area contributed by atoms with Gasteiger partial charge in [0, 0.05) is 24.8 Å². The van der Waals surface area contributed by atoms with Crippen LogP contribution in [0.15, 0.2) is 42.9 Å². The Kier molecular flexibility index (Phi) is 4.05. The van der Waals surface area contributed by atoms with E-state index in [9.17, 15) is 4.79 Å². The summed E-state index contributed by atoms with van der Waals surface area (Å²) in [6, 6.07) is 9.19. The molecule has 28 heavy (non-hydrogen) atoms. The summed E-state index contributed by atoms with van der Waals surface area (Å²) in [4.78, 5) is 24.8. The minimum atomic E-state index is -0.102. The Bertz CT molecular complexity index is 1160. The summed E-state index contributed by atoms with van der Waals surface area (Å²) < 4.78 is 1.94. The fourth-order valence-electron chi connectivity index (χ4n) is 3.44. The molecule has 0 aliphatic carbocycles. The van der Waals surface area contributed by atoms with Gasteiger partial charge in [-0.3, -0.25) is 9.78 Å². The number of amides is 1. The third-order valence-electron chi connectivity index (χ3n) is 4.92. The number of H-pyrrole nitrogens is 1. The standard InChI is InChI=1S/C19H16ClN7O/c20-12-2-4-15(21-8-12)18-24-14-5-3-13(7-16(14)25-18)23-19(28)11-1-6-17-26-22-10-27(17)9-11/h2-5,7-8,10-11H,1,6,9H2,(H,23,28)(H,24,25). The molecule has 4 aromatic rings. The van der Waals surface area contributed by atoms with Gasteiger partial charge >= 0.3 is 0 Å². The van der Waals surface area contributed by atoms with Crippen LogP contribution in [0.25, 0.3) is 22.6 Å². The normalized spacial score (nSPS) is 16.1. The van der Waals surface area contributed by atoms with E-state index in [0.717, 1.165) is 35.4 Å². The molecule has 0 saturated carbocycles. The first-order chi connectivity index (χ1) is 13.7. The molecule has 0 bridgehead atoms. The molecule has 2 N–H and O–H groups in total. The number of aryl methyl sites for hydroxylation is 1. The predicted molar refractivity (Wildman–Crippen MR) is 105 cm³/mol. The van der Waals surface area contributed by atoms with Crippen LogP contribution in [0.5, 0.6) is 0 Å². The molecule has 1 amide bonds. The van der Waals surface area contributed by atoms with E-state index in [4.69, 9.17) is 11.6 Å². The van der Waals surface area contributed by atoms with Crippen molar-refractivity contribution in [2.75, 3.05) is 5.32 Å². The van der Waals surface area contributed by atoms with E-state index in [1.54, 1.807) is 18.6 Å². The molecule has 3 aromatic heterocycles. The number of rotatable bonds is 3. The Labute approximate surface area is 165 Å². The van der Waals surface area contributed by atoms with Gasteiger partial charge in [-0.05, 0) is 36.8 Å². The number of nitrogens with one attached hydrogen (secondary N) is 2. The van der Waals surface area contributed by atoms with Crippen LogP contribution in [0.1, 0.15) is 12.2 Å². The third kappa shape index (κ3) is 3.11. The molecule has 1 atom stereocenters. The molecular weight excluding hydrogens is 378 g/mol. The van der Waals surface area contributed by atoms with E-state index in [-0.39, 0.29) is 11.8 Å². The molecule has 1 unspecified atom stereocenters. The first-order valence-corrected chi connectivity index (χ1v) is 9.33. The molecule has 1 aliphatic heterocycles. The highest BCUT2D eigenvalue weighted by Gasteiger charge is 2.25. The Hall–Kier alpha value is -3.26. The van der Waals surface area contributed by atoms with Gasteiger partial charge in [0.1, 0.15) is 17.8 Å². The zero-order chi connectivity index (χ0) is 19.1. The molecule has 0 spiro atoms. The van der Waals surface area contributed by atoms with Gasteiger partial charge < -0.3 is 14.9 Å². The molecule has 4 heterocycles. The number of hydrogen-bond donors (Lipinski definition) is 2. The number of pyridine rings is 1. The van der Waals surface area contributed by atoms with Gasteiger partial charge in [-0.25, -0.2) is 4.98 Å². The zero-order valence-electron chi connectivity index (χ0n) is 14.8. The number of carbonyl (C=O) groups is 1. The van der Waals surface area contributed by atoms with Crippen LogP contribution in [0.3, 0.4) is 0 Å². The number of imidazole rings is 1. The Morgan fingerprint density at radius 3 is 3.07 bits per heavy atom. The van der Waals surface area contributed by atoms with Crippen LogP contribution < -0.4 is 5.32 Å². The van der Waals surface area contributed by atoms with Crippen molar-refractivity contribution in [1.29, 1.82) is 0 Å². The molecule has 1 aliphatic rings. The Morgan fingerprint density at radius 1 is 1.29 bits per heavy atom. The second-order valence-electron chi connectivity index (χ2n) is 6.80. The zero-order valence-corrected chi connectivity index (χ0v) is 15.5. The van der Waals surface area contributed by atoms with Crippen LogP contribution in [-0.2, 0) is 17.8 Å². The fourth-order valence-corrected chi connectivity index (χ4v) is 3.55. The molecule has 140 valence electrons. The maximum atomic E-state index is 12.7. The van der Waals surface area contributed by atoms with Crippen molar-refractivity contribution >= 4 is 34.2 Å². The number of halogens is 1. The minimum Gasteiger partial charge on any atom is -0.337 e. The van der Waals surface area contributed by atoms with Crippen molar-refractivity contribution in [2.24, 2.45) is 5.92 Å². The Balaban J connectivity index is 1.35. The maximum Gasteiger partial charge on any atom is 0.229 e. The lowest BCUT2D eigenvalue weighted by molar-refractivity contribution is -0.120. The molecule has 0 saturated heterocycles. The second-order valence-corrected chi connectivity index (χ2v) is 7.24. The number of carbonyl (C=O) groups excluding carboxylic acids is 1. The number of aromatic nitrogens is 6. The molecule has 5 rings (SSSR count). The van der Waals surface area contributed by atoms with Crippen LogP contribution in [0.2, 0.25) is 5.02 Å². The van der Waals surface area contributed by atoms with Gasteiger partial charge in [0.25, 0.3) is 0 Å². The Morgan fingerprint density at radius 2 is 2.21 bits per heavy atom. The highest BCUT2D eigenvalue weighted by atomic mass is 35.5. The van der Waals surface area contributed by atoms with E-state index < -0.39 is 0 Å². The SMILES string of the molecule is O=C(Nc1ccc2nc(-c3ccc(Cl)cn3)[nH]c2c1)C1CCc2nncn2C1. The predicted octanol–water partition coefficient (Wildman–Crippen LogP) is 3.07. The molecule has 0 fully saturated rings. The highest BCUT2D eigenvalue weighted by molar-refractivity contribution is 6.30. The summed E-state index contributed by atoms with van der Waals surface area (Å²) in [7, 11) is 0. The lowest BCUT2D eigenvalue weighted by Gasteiger charge is -2.22. The smallest absolute Gasteiger partial charge is 0.229 e. The third-order valence-corrected chi connectivity index (χ3v) is 5.14. The highest BCUT2D eigenvalue weighted by Crippen LogP contribution is 2.24. The van der Waals surface area contributed by atoms with Gasteiger partial charge in [-0.1, -0.05) is 11.6 Å². The first kappa shape index (κ1) is 16.9. The van der Waals surface area contributed by atoms with Crippen LogP contribution in [0, 0.1) is 5.92 Å². The van der Waals surface area contributed by atoms with Crippen LogP contribution >= 0.6 is 11.6 Å². The van der Waals surface area contributed by atoms with Crippen molar-refractivity contribution in [1.82, 2.24) is 29.7 Å². The van der Waals surface area contributed by atoms with Gasteiger partial charge in [0.2, 0.25) is 5.91 Å². The quantitative estimate of drug-likeness (QED) is 0.557. The van der Waals surface area contributed by atoms with Crippen LogP contribution in [0.4, 0.5) is 5.69 Å². The average Bonchev–Trinajstić information content (AvgIpc) is 3.34. The summed E-state index contributed by atoms with van der Waals surface area (Å²) >= 11 is 5.89.